The Labute approximate surface area is 209 Å². The number of rotatable bonds is 14. The summed E-state index contributed by atoms with van der Waals surface area (Å²) in [4.78, 5) is 27.3. The van der Waals surface area contributed by atoms with Gasteiger partial charge >= 0.3 is 0 Å². The second-order valence-corrected chi connectivity index (χ2v) is 9.15. The van der Waals surface area contributed by atoms with Gasteiger partial charge in [0.2, 0.25) is 5.91 Å². The van der Waals surface area contributed by atoms with Crippen LogP contribution in [0.15, 0.2) is 60.7 Å². The number of amides is 1. The van der Waals surface area contributed by atoms with Gasteiger partial charge in [0.15, 0.2) is 5.78 Å². The molecule has 6 heteroatoms. The molecule has 1 heterocycles. The lowest BCUT2D eigenvalue weighted by atomic mass is 10.0. The van der Waals surface area contributed by atoms with Crippen molar-refractivity contribution >= 4 is 17.8 Å². The number of hydrogen-bond donors (Lipinski definition) is 2. The van der Waals surface area contributed by atoms with Crippen molar-refractivity contribution in [3.05, 3.63) is 71.8 Å². The first kappa shape index (κ1) is 26.6. The van der Waals surface area contributed by atoms with E-state index in [-0.39, 0.29) is 17.7 Å². The van der Waals surface area contributed by atoms with Gasteiger partial charge in [0, 0.05) is 24.9 Å². The standard InChI is InChI=1S/C29H38N2O4/c1-35-25-17-15-24(16-18-25)27(32)12-6-3-7-13-29(34)30-26(22-31-20-8-9-21-31)28(33)19-14-23-10-4-2-5-11-23/h2,4-5,10-11,14-19,26,28,33H,3,6-9,12-13,20-22H2,1H3,(H,30,34)/t26-,28-/m1/s1. The molecule has 2 atom stereocenters. The zero-order valence-electron chi connectivity index (χ0n) is 20.7. The number of carbonyl (C=O) groups is 2. The first-order chi connectivity index (χ1) is 17.0. The minimum atomic E-state index is -0.762. The summed E-state index contributed by atoms with van der Waals surface area (Å²) in [6, 6.07) is 16.6. The minimum absolute atomic E-state index is 0.0529. The van der Waals surface area contributed by atoms with Gasteiger partial charge in [0.05, 0.1) is 19.3 Å². The van der Waals surface area contributed by atoms with E-state index in [1.165, 1.54) is 0 Å². The van der Waals surface area contributed by atoms with E-state index < -0.39 is 6.10 Å². The number of unbranched alkanes of at least 4 members (excludes halogenated alkanes) is 2. The number of methoxy groups -OCH3 is 1. The third-order valence-corrected chi connectivity index (χ3v) is 6.42. The normalized spacial score (nSPS) is 15.7. The molecular weight excluding hydrogens is 440 g/mol. The third-order valence-electron chi connectivity index (χ3n) is 6.42. The van der Waals surface area contributed by atoms with Crippen molar-refractivity contribution in [1.29, 1.82) is 0 Å². The van der Waals surface area contributed by atoms with Crippen LogP contribution in [0.4, 0.5) is 0 Å². The molecule has 1 aliphatic rings. The summed E-state index contributed by atoms with van der Waals surface area (Å²) >= 11 is 0. The Morgan fingerprint density at radius 2 is 1.69 bits per heavy atom. The van der Waals surface area contributed by atoms with Crippen molar-refractivity contribution in [2.24, 2.45) is 0 Å². The average molecular weight is 479 g/mol. The fourth-order valence-corrected chi connectivity index (χ4v) is 4.34. The fourth-order valence-electron chi connectivity index (χ4n) is 4.34. The van der Waals surface area contributed by atoms with Crippen LogP contribution in [-0.2, 0) is 4.79 Å². The van der Waals surface area contributed by atoms with Crippen LogP contribution in [0.1, 0.15) is 60.9 Å². The summed E-state index contributed by atoms with van der Waals surface area (Å²) in [6.07, 6.45) is 8.35. The van der Waals surface area contributed by atoms with Gasteiger partial charge in [-0.2, -0.15) is 0 Å². The molecule has 0 radical (unpaired) electrons. The summed E-state index contributed by atoms with van der Waals surface area (Å²) in [5.74, 6) is 0.787. The number of ether oxygens (including phenoxy) is 1. The molecule has 0 aromatic heterocycles. The maximum absolute atomic E-state index is 12.6. The highest BCUT2D eigenvalue weighted by atomic mass is 16.5. The van der Waals surface area contributed by atoms with Crippen LogP contribution in [-0.4, -0.2) is 60.6 Å². The van der Waals surface area contributed by atoms with Crippen molar-refractivity contribution in [3.63, 3.8) is 0 Å². The van der Waals surface area contributed by atoms with E-state index >= 15 is 0 Å². The number of likely N-dealkylation sites (tertiary alicyclic amines) is 1. The van der Waals surface area contributed by atoms with E-state index in [1.807, 2.05) is 36.4 Å². The second kappa shape index (κ2) is 14.4. The van der Waals surface area contributed by atoms with Crippen LogP contribution >= 0.6 is 0 Å². The predicted octanol–water partition coefficient (Wildman–Crippen LogP) is 4.48. The van der Waals surface area contributed by atoms with Crippen molar-refractivity contribution in [2.45, 2.75) is 57.1 Å². The lowest BCUT2D eigenvalue weighted by Crippen LogP contribution is -2.49. The summed E-state index contributed by atoms with van der Waals surface area (Å²) in [5, 5.41) is 13.9. The fraction of sp³-hybridized carbons (Fsp3) is 0.448. The van der Waals surface area contributed by atoms with E-state index in [0.29, 0.717) is 31.4 Å². The Balaban J connectivity index is 1.42. The maximum atomic E-state index is 12.6. The number of aliphatic hydroxyl groups excluding tert-OH is 1. The molecule has 6 nitrogen and oxygen atoms in total. The molecule has 2 N–H and O–H groups in total. The number of carbonyl (C=O) groups excluding carboxylic acids is 2. The number of aliphatic hydroxyl groups is 1. The molecule has 2 aromatic rings. The molecule has 0 bridgehead atoms. The largest absolute Gasteiger partial charge is 0.497 e. The molecule has 0 aliphatic carbocycles. The van der Waals surface area contributed by atoms with Crippen LogP contribution in [0.2, 0.25) is 0 Å². The van der Waals surface area contributed by atoms with E-state index in [1.54, 1.807) is 37.5 Å². The van der Waals surface area contributed by atoms with Crippen molar-refractivity contribution in [1.82, 2.24) is 10.2 Å². The average Bonchev–Trinajstić information content (AvgIpc) is 3.40. The monoisotopic (exact) mass is 478 g/mol. The lowest BCUT2D eigenvalue weighted by Gasteiger charge is -2.27. The highest BCUT2D eigenvalue weighted by Gasteiger charge is 2.24. The number of nitrogens with zero attached hydrogens (tertiary/aromatic N) is 1. The molecule has 1 amide bonds. The van der Waals surface area contributed by atoms with Crippen LogP contribution in [0.3, 0.4) is 0 Å². The molecular formula is C29H38N2O4. The van der Waals surface area contributed by atoms with Gasteiger partial charge in [-0.05, 0) is 68.6 Å². The van der Waals surface area contributed by atoms with Gasteiger partial charge in [-0.3, -0.25) is 9.59 Å². The zero-order valence-corrected chi connectivity index (χ0v) is 20.7. The number of nitrogens with one attached hydrogen (secondary N) is 1. The quantitative estimate of drug-likeness (QED) is 0.309. The molecule has 0 saturated carbocycles. The van der Waals surface area contributed by atoms with Crippen LogP contribution < -0.4 is 10.1 Å². The molecule has 3 rings (SSSR count). The van der Waals surface area contributed by atoms with Gasteiger partial charge < -0.3 is 20.1 Å². The minimum Gasteiger partial charge on any atom is -0.497 e. The Kier molecular flexibility index (Phi) is 11.0. The SMILES string of the molecule is COc1ccc(C(=O)CCCCCC(=O)N[C@H](CN2CCCC2)[C@H](O)C=Cc2ccccc2)cc1. The maximum Gasteiger partial charge on any atom is 0.220 e. The van der Waals surface area contributed by atoms with Crippen LogP contribution in [0, 0.1) is 0 Å². The number of ketones is 1. The molecule has 35 heavy (non-hydrogen) atoms. The van der Waals surface area contributed by atoms with Crippen molar-refractivity contribution < 1.29 is 19.4 Å². The molecule has 2 aromatic carbocycles. The summed E-state index contributed by atoms with van der Waals surface area (Å²) in [5.41, 5.74) is 1.70. The number of benzene rings is 2. The van der Waals surface area contributed by atoms with E-state index in [9.17, 15) is 14.7 Å². The summed E-state index contributed by atoms with van der Waals surface area (Å²) in [7, 11) is 1.60. The van der Waals surface area contributed by atoms with E-state index in [0.717, 1.165) is 50.1 Å². The predicted molar refractivity (Wildman–Crippen MR) is 139 cm³/mol. The number of hydrogen-bond acceptors (Lipinski definition) is 5. The molecule has 0 unspecified atom stereocenters. The summed E-state index contributed by atoms with van der Waals surface area (Å²) < 4.78 is 5.13. The van der Waals surface area contributed by atoms with Gasteiger partial charge in [0.25, 0.3) is 0 Å². The molecule has 188 valence electrons. The van der Waals surface area contributed by atoms with Gasteiger partial charge in [-0.15, -0.1) is 0 Å². The Hall–Kier alpha value is -2.96. The lowest BCUT2D eigenvalue weighted by molar-refractivity contribution is -0.122. The second-order valence-electron chi connectivity index (χ2n) is 9.15. The first-order valence-corrected chi connectivity index (χ1v) is 12.7. The Morgan fingerprint density at radius 3 is 2.37 bits per heavy atom. The molecule has 0 spiro atoms. The molecule has 1 saturated heterocycles. The van der Waals surface area contributed by atoms with Crippen molar-refractivity contribution in [2.75, 3.05) is 26.7 Å². The van der Waals surface area contributed by atoms with Crippen molar-refractivity contribution in [3.8, 4) is 5.75 Å². The van der Waals surface area contributed by atoms with E-state index in [4.69, 9.17) is 4.74 Å². The zero-order chi connectivity index (χ0) is 24.9. The summed E-state index contributed by atoms with van der Waals surface area (Å²) in [6.45, 7) is 2.65. The molecule has 1 aliphatic heterocycles. The topological polar surface area (TPSA) is 78.9 Å². The first-order valence-electron chi connectivity index (χ1n) is 12.7. The van der Waals surface area contributed by atoms with Gasteiger partial charge in [-0.25, -0.2) is 0 Å². The number of Topliss-reactive ketones (excluding diaryl/α,β-unsaturated/α-hetero) is 1. The third kappa shape index (κ3) is 9.30. The highest BCUT2D eigenvalue weighted by Crippen LogP contribution is 2.15. The highest BCUT2D eigenvalue weighted by molar-refractivity contribution is 5.96. The van der Waals surface area contributed by atoms with Crippen LogP contribution in [0.25, 0.3) is 6.08 Å². The van der Waals surface area contributed by atoms with Gasteiger partial charge in [-0.1, -0.05) is 48.9 Å². The Bertz CT molecular complexity index is 937. The van der Waals surface area contributed by atoms with Crippen LogP contribution in [0.5, 0.6) is 5.75 Å². The molecule has 1 fully saturated rings. The smallest absolute Gasteiger partial charge is 0.220 e. The van der Waals surface area contributed by atoms with E-state index in [2.05, 4.69) is 10.2 Å². The van der Waals surface area contributed by atoms with Gasteiger partial charge in [0.1, 0.15) is 5.75 Å². The Morgan fingerprint density at radius 1 is 1.00 bits per heavy atom.